The molecule has 32 heavy (non-hydrogen) atoms. The standard InChI is InChI=1S/C23H19ClN4O2.C2H6/c1-30-19-9-5-6-17(12-19)21-15-28(18-7-3-2-4-8-18)23(26-21)27-22(29)20-11-10-16(13-24)14-25-20;1-2/h2-12,14-15H,13H2,1H3,(H,26,27,29);1-2H3. The Kier molecular flexibility index (Phi) is 8.00. The number of rotatable bonds is 6. The van der Waals surface area contributed by atoms with Gasteiger partial charge in [-0.1, -0.05) is 50.2 Å². The Bertz CT molecular complexity index is 1160. The summed E-state index contributed by atoms with van der Waals surface area (Å²) >= 11 is 5.80. The van der Waals surface area contributed by atoms with Gasteiger partial charge in [0.15, 0.2) is 0 Å². The average molecular weight is 449 g/mol. The summed E-state index contributed by atoms with van der Waals surface area (Å²) in [5.41, 5.74) is 3.59. The average Bonchev–Trinajstić information content (AvgIpc) is 3.29. The van der Waals surface area contributed by atoms with Crippen LogP contribution in [0.2, 0.25) is 0 Å². The highest BCUT2D eigenvalue weighted by Crippen LogP contribution is 2.27. The monoisotopic (exact) mass is 448 g/mol. The van der Waals surface area contributed by atoms with Crippen LogP contribution in [0, 0.1) is 0 Å². The van der Waals surface area contributed by atoms with Crippen LogP contribution in [0.3, 0.4) is 0 Å². The first kappa shape index (κ1) is 23.0. The number of nitrogens with one attached hydrogen (secondary N) is 1. The van der Waals surface area contributed by atoms with Crippen molar-refractivity contribution in [3.05, 3.63) is 90.4 Å². The van der Waals surface area contributed by atoms with Crippen molar-refractivity contribution < 1.29 is 9.53 Å². The Hall–Kier alpha value is -3.64. The number of nitrogens with zero attached hydrogens (tertiary/aromatic N) is 3. The highest BCUT2D eigenvalue weighted by Gasteiger charge is 2.16. The Morgan fingerprint density at radius 2 is 1.84 bits per heavy atom. The van der Waals surface area contributed by atoms with E-state index in [1.165, 1.54) is 0 Å². The lowest BCUT2D eigenvalue weighted by molar-refractivity contribution is 0.102. The molecule has 0 spiro atoms. The summed E-state index contributed by atoms with van der Waals surface area (Å²) in [5.74, 6) is 1.12. The van der Waals surface area contributed by atoms with Crippen molar-refractivity contribution in [2.75, 3.05) is 12.4 Å². The van der Waals surface area contributed by atoms with Gasteiger partial charge < -0.3 is 4.74 Å². The molecule has 0 fully saturated rings. The summed E-state index contributed by atoms with van der Waals surface area (Å²) in [7, 11) is 1.62. The zero-order chi connectivity index (χ0) is 22.9. The predicted molar refractivity (Wildman–Crippen MR) is 129 cm³/mol. The number of benzene rings is 2. The van der Waals surface area contributed by atoms with Gasteiger partial charge in [-0.25, -0.2) is 4.98 Å². The lowest BCUT2D eigenvalue weighted by Crippen LogP contribution is -2.16. The minimum absolute atomic E-state index is 0.286. The topological polar surface area (TPSA) is 69.0 Å². The first-order chi connectivity index (χ1) is 15.7. The fourth-order valence-electron chi connectivity index (χ4n) is 2.98. The van der Waals surface area contributed by atoms with Crippen LogP contribution in [0.25, 0.3) is 16.9 Å². The summed E-state index contributed by atoms with van der Waals surface area (Å²) in [6.07, 6.45) is 3.47. The molecule has 0 atom stereocenters. The van der Waals surface area contributed by atoms with Crippen molar-refractivity contribution in [1.82, 2.24) is 14.5 Å². The molecule has 0 unspecified atom stereocenters. The lowest BCUT2D eigenvalue weighted by Gasteiger charge is -2.08. The number of hydrogen-bond acceptors (Lipinski definition) is 4. The Balaban J connectivity index is 0.00000141. The van der Waals surface area contributed by atoms with E-state index in [9.17, 15) is 4.79 Å². The molecule has 6 nitrogen and oxygen atoms in total. The number of halogens is 1. The number of amides is 1. The van der Waals surface area contributed by atoms with Crippen LogP contribution in [0.15, 0.2) is 79.1 Å². The molecule has 0 aliphatic rings. The van der Waals surface area contributed by atoms with Gasteiger partial charge in [0.1, 0.15) is 11.4 Å². The summed E-state index contributed by atoms with van der Waals surface area (Å²) in [6, 6.07) is 20.7. The maximum atomic E-state index is 12.8. The number of ether oxygens (including phenoxy) is 1. The van der Waals surface area contributed by atoms with E-state index in [1.54, 1.807) is 25.4 Å². The Labute approximate surface area is 192 Å². The molecular weight excluding hydrogens is 424 g/mol. The summed E-state index contributed by atoms with van der Waals surface area (Å²) in [5, 5.41) is 2.87. The molecule has 0 saturated heterocycles. The second-order valence-electron chi connectivity index (χ2n) is 6.53. The number of para-hydroxylation sites is 1. The van der Waals surface area contributed by atoms with Gasteiger partial charge >= 0.3 is 0 Å². The molecule has 0 bridgehead atoms. The van der Waals surface area contributed by atoms with Crippen LogP contribution < -0.4 is 10.1 Å². The van der Waals surface area contributed by atoms with Gasteiger partial charge in [-0.05, 0) is 35.9 Å². The molecule has 4 aromatic rings. The van der Waals surface area contributed by atoms with E-state index < -0.39 is 0 Å². The van der Waals surface area contributed by atoms with Crippen molar-refractivity contribution in [1.29, 1.82) is 0 Å². The number of pyridine rings is 1. The van der Waals surface area contributed by atoms with Gasteiger partial charge in [-0.2, -0.15) is 0 Å². The number of carbonyl (C=O) groups excluding carboxylic acids is 1. The third-order valence-corrected chi connectivity index (χ3v) is 4.85. The van der Waals surface area contributed by atoms with Crippen molar-refractivity contribution >= 4 is 23.5 Å². The van der Waals surface area contributed by atoms with E-state index >= 15 is 0 Å². The molecule has 7 heteroatoms. The number of carbonyl (C=O) groups is 1. The molecule has 1 N–H and O–H groups in total. The molecular formula is C25H25ClN4O2. The Morgan fingerprint density at radius 1 is 1.06 bits per heavy atom. The zero-order valence-corrected chi connectivity index (χ0v) is 19.0. The first-order valence-corrected chi connectivity index (χ1v) is 10.8. The van der Waals surface area contributed by atoms with Crippen LogP contribution in [-0.2, 0) is 5.88 Å². The smallest absolute Gasteiger partial charge is 0.276 e. The Morgan fingerprint density at radius 3 is 2.50 bits per heavy atom. The van der Waals surface area contributed by atoms with E-state index in [0.717, 1.165) is 22.6 Å². The molecule has 164 valence electrons. The molecule has 0 aliphatic carbocycles. The number of hydrogen-bond donors (Lipinski definition) is 1. The van der Waals surface area contributed by atoms with Gasteiger partial charge in [0.25, 0.3) is 5.91 Å². The molecule has 2 aromatic heterocycles. The van der Waals surface area contributed by atoms with E-state index in [2.05, 4.69) is 15.3 Å². The molecule has 4 rings (SSSR count). The first-order valence-electron chi connectivity index (χ1n) is 10.3. The lowest BCUT2D eigenvalue weighted by atomic mass is 10.1. The van der Waals surface area contributed by atoms with Crippen LogP contribution >= 0.6 is 11.6 Å². The molecule has 0 saturated carbocycles. The molecule has 0 radical (unpaired) electrons. The summed E-state index contributed by atoms with van der Waals surface area (Å²) < 4.78 is 7.15. The molecule has 0 aliphatic heterocycles. The van der Waals surface area contributed by atoms with Crippen molar-refractivity contribution in [3.8, 4) is 22.7 Å². The van der Waals surface area contributed by atoms with Gasteiger partial charge in [-0.3, -0.25) is 19.7 Å². The molecule has 1 amide bonds. The summed E-state index contributed by atoms with van der Waals surface area (Å²) in [4.78, 5) is 21.6. The SMILES string of the molecule is CC.COc1cccc(-c2cn(-c3ccccc3)c(NC(=O)c3ccc(CCl)cn3)n2)c1. The highest BCUT2D eigenvalue weighted by atomic mass is 35.5. The van der Waals surface area contributed by atoms with E-state index in [1.807, 2.05) is 79.2 Å². The minimum atomic E-state index is -0.351. The van der Waals surface area contributed by atoms with Crippen molar-refractivity contribution in [3.63, 3.8) is 0 Å². The van der Waals surface area contributed by atoms with Gasteiger partial charge in [-0.15, -0.1) is 11.6 Å². The van der Waals surface area contributed by atoms with Gasteiger partial charge in [0, 0.05) is 29.5 Å². The van der Waals surface area contributed by atoms with Crippen LogP contribution in [0.1, 0.15) is 29.9 Å². The predicted octanol–water partition coefficient (Wildman–Crippen LogP) is 5.96. The number of anilines is 1. The van der Waals surface area contributed by atoms with Crippen LogP contribution in [0.4, 0.5) is 5.95 Å². The third-order valence-electron chi connectivity index (χ3n) is 4.54. The molecule has 2 aromatic carbocycles. The van der Waals surface area contributed by atoms with Gasteiger partial charge in [0.2, 0.25) is 5.95 Å². The second-order valence-corrected chi connectivity index (χ2v) is 6.79. The maximum absolute atomic E-state index is 12.8. The normalized spacial score (nSPS) is 10.1. The van der Waals surface area contributed by atoms with Crippen molar-refractivity contribution in [2.24, 2.45) is 0 Å². The van der Waals surface area contributed by atoms with E-state index in [-0.39, 0.29) is 11.6 Å². The number of aromatic nitrogens is 3. The second kappa shape index (κ2) is 11.1. The van der Waals surface area contributed by atoms with Crippen molar-refractivity contribution in [2.45, 2.75) is 19.7 Å². The van der Waals surface area contributed by atoms with Crippen LogP contribution in [0.5, 0.6) is 5.75 Å². The summed E-state index contributed by atoms with van der Waals surface area (Å²) in [6.45, 7) is 4.00. The zero-order valence-electron chi connectivity index (χ0n) is 18.2. The highest BCUT2D eigenvalue weighted by molar-refractivity contribution is 6.17. The third kappa shape index (κ3) is 5.34. The van der Waals surface area contributed by atoms with E-state index in [0.29, 0.717) is 17.5 Å². The fraction of sp³-hybridized carbons (Fsp3) is 0.160. The number of imidazole rings is 1. The molecule has 2 heterocycles. The van der Waals surface area contributed by atoms with E-state index in [4.69, 9.17) is 16.3 Å². The largest absolute Gasteiger partial charge is 0.497 e. The van der Waals surface area contributed by atoms with Crippen LogP contribution in [-0.4, -0.2) is 27.6 Å². The fourth-order valence-corrected chi connectivity index (χ4v) is 3.14. The number of alkyl halides is 1. The quantitative estimate of drug-likeness (QED) is 0.369. The van der Waals surface area contributed by atoms with Gasteiger partial charge in [0.05, 0.1) is 12.8 Å². The number of methoxy groups -OCH3 is 1. The minimum Gasteiger partial charge on any atom is -0.497 e. The maximum Gasteiger partial charge on any atom is 0.276 e.